The molecule has 0 fully saturated rings. The minimum absolute atomic E-state index is 0.215. The third-order valence-corrected chi connectivity index (χ3v) is 2.99. The second-order valence-electron chi connectivity index (χ2n) is 3.89. The van der Waals surface area contributed by atoms with Gasteiger partial charge in [0.1, 0.15) is 0 Å². The minimum atomic E-state index is -3.94. The van der Waals surface area contributed by atoms with Gasteiger partial charge in [0.25, 0.3) is 16.0 Å². The highest BCUT2D eigenvalue weighted by molar-refractivity contribution is 7.85. The first kappa shape index (κ1) is 14.6. The molecule has 0 heterocycles. The van der Waals surface area contributed by atoms with E-state index in [-0.39, 0.29) is 24.6 Å². The van der Waals surface area contributed by atoms with Crippen LogP contribution in [0.25, 0.3) is 0 Å². The Morgan fingerprint density at radius 2 is 2.11 bits per heavy atom. The van der Waals surface area contributed by atoms with Gasteiger partial charge in [-0.05, 0) is 25.5 Å². The first-order chi connectivity index (χ1) is 8.38. The molecule has 0 bridgehead atoms. The Morgan fingerprint density at radius 3 is 2.72 bits per heavy atom. The average Bonchev–Trinajstić information content (AvgIpc) is 2.26. The van der Waals surface area contributed by atoms with Crippen molar-refractivity contribution < 1.29 is 17.8 Å². The van der Waals surface area contributed by atoms with Crippen molar-refractivity contribution in [1.29, 1.82) is 0 Å². The van der Waals surface area contributed by atoms with Gasteiger partial charge in [0, 0.05) is 12.1 Å². The Labute approximate surface area is 106 Å². The average molecular weight is 272 g/mol. The molecule has 0 aliphatic heterocycles. The van der Waals surface area contributed by atoms with Crippen molar-refractivity contribution in [1.82, 2.24) is 10.9 Å². The van der Waals surface area contributed by atoms with Crippen LogP contribution in [0.3, 0.4) is 0 Å². The number of benzene rings is 1. The highest BCUT2D eigenvalue weighted by atomic mass is 32.2. The quantitative estimate of drug-likeness (QED) is 0.398. The van der Waals surface area contributed by atoms with Crippen LogP contribution in [0.2, 0.25) is 0 Å². The number of nitrogens with one attached hydrogen (secondary N) is 2. The number of hydrazine groups is 1. The fraction of sp³-hybridized carbons (Fsp3) is 0.364. The molecule has 0 aromatic heterocycles. The summed E-state index contributed by atoms with van der Waals surface area (Å²) in [7, 11) is -3.94. The molecule has 6 nitrogen and oxygen atoms in total. The van der Waals surface area contributed by atoms with Gasteiger partial charge in [-0.25, -0.2) is 5.43 Å². The summed E-state index contributed by atoms with van der Waals surface area (Å²) in [6.07, 6.45) is 0.215. The van der Waals surface area contributed by atoms with E-state index >= 15 is 0 Å². The number of hydrogen-bond donors (Lipinski definition) is 3. The third kappa shape index (κ3) is 5.76. The highest BCUT2D eigenvalue weighted by Gasteiger charge is 2.05. The molecular weight excluding hydrogens is 256 g/mol. The van der Waals surface area contributed by atoms with Crippen molar-refractivity contribution >= 4 is 16.0 Å². The maximum atomic E-state index is 11.6. The summed E-state index contributed by atoms with van der Waals surface area (Å²) in [6, 6.07) is 7.09. The van der Waals surface area contributed by atoms with E-state index in [1.165, 1.54) is 0 Å². The standard InChI is InChI=1S/C11H16N2O4S/c1-9-4-2-5-10(8-9)11(14)13-12-6-3-7-18(15,16)17/h2,4-5,8,12H,3,6-7H2,1H3,(H,13,14)(H,15,16,17). The highest BCUT2D eigenvalue weighted by Crippen LogP contribution is 2.02. The zero-order valence-electron chi connectivity index (χ0n) is 10.0. The maximum Gasteiger partial charge on any atom is 0.265 e. The van der Waals surface area contributed by atoms with Gasteiger partial charge in [-0.3, -0.25) is 14.8 Å². The lowest BCUT2D eigenvalue weighted by Crippen LogP contribution is -2.38. The Balaban J connectivity index is 2.30. The zero-order valence-corrected chi connectivity index (χ0v) is 10.8. The molecule has 0 atom stereocenters. The molecule has 0 aliphatic rings. The van der Waals surface area contributed by atoms with E-state index < -0.39 is 10.1 Å². The van der Waals surface area contributed by atoms with Gasteiger partial charge >= 0.3 is 0 Å². The fourth-order valence-electron chi connectivity index (χ4n) is 1.34. The number of amides is 1. The van der Waals surface area contributed by atoms with E-state index in [9.17, 15) is 13.2 Å². The molecular formula is C11H16N2O4S. The largest absolute Gasteiger partial charge is 0.287 e. The summed E-state index contributed by atoms with van der Waals surface area (Å²) in [4.78, 5) is 11.6. The molecule has 0 saturated heterocycles. The third-order valence-electron chi connectivity index (χ3n) is 2.19. The fourth-order valence-corrected chi connectivity index (χ4v) is 1.85. The van der Waals surface area contributed by atoms with Crippen molar-refractivity contribution in [2.24, 2.45) is 0 Å². The number of aryl methyl sites for hydroxylation is 1. The van der Waals surface area contributed by atoms with Gasteiger partial charge in [-0.1, -0.05) is 17.7 Å². The van der Waals surface area contributed by atoms with Gasteiger partial charge in [0.2, 0.25) is 0 Å². The van der Waals surface area contributed by atoms with Crippen molar-refractivity contribution in [2.75, 3.05) is 12.3 Å². The molecule has 1 amide bonds. The predicted octanol–water partition coefficient (Wildman–Crippen LogP) is 0.507. The van der Waals surface area contributed by atoms with E-state index in [0.29, 0.717) is 5.56 Å². The molecule has 1 rings (SSSR count). The van der Waals surface area contributed by atoms with Crippen LogP contribution in [-0.4, -0.2) is 31.2 Å². The lowest BCUT2D eigenvalue weighted by atomic mass is 10.1. The monoisotopic (exact) mass is 272 g/mol. The van der Waals surface area contributed by atoms with Crippen molar-refractivity contribution in [3.05, 3.63) is 35.4 Å². The van der Waals surface area contributed by atoms with Crippen LogP contribution >= 0.6 is 0 Å². The second-order valence-corrected chi connectivity index (χ2v) is 5.46. The van der Waals surface area contributed by atoms with Gasteiger partial charge < -0.3 is 0 Å². The number of carbonyl (C=O) groups is 1. The predicted molar refractivity (Wildman–Crippen MR) is 67.7 cm³/mol. The van der Waals surface area contributed by atoms with Crippen molar-refractivity contribution in [2.45, 2.75) is 13.3 Å². The first-order valence-electron chi connectivity index (χ1n) is 5.43. The molecule has 0 saturated carbocycles. The Kier molecular flexibility index (Phi) is 5.26. The van der Waals surface area contributed by atoms with E-state index in [1.807, 2.05) is 13.0 Å². The van der Waals surface area contributed by atoms with Crippen LogP contribution < -0.4 is 10.9 Å². The van der Waals surface area contributed by atoms with Crippen LogP contribution in [0.1, 0.15) is 22.3 Å². The Bertz CT molecular complexity index is 514. The van der Waals surface area contributed by atoms with Gasteiger partial charge in [-0.2, -0.15) is 8.42 Å². The molecule has 0 radical (unpaired) electrons. The molecule has 1 aromatic rings. The lowest BCUT2D eigenvalue weighted by Gasteiger charge is -2.07. The molecule has 3 N–H and O–H groups in total. The van der Waals surface area contributed by atoms with Crippen LogP contribution in [-0.2, 0) is 10.1 Å². The van der Waals surface area contributed by atoms with Gasteiger partial charge in [0.15, 0.2) is 0 Å². The van der Waals surface area contributed by atoms with Crippen LogP contribution in [0.5, 0.6) is 0 Å². The first-order valence-corrected chi connectivity index (χ1v) is 7.04. The topological polar surface area (TPSA) is 95.5 Å². The van der Waals surface area contributed by atoms with E-state index in [4.69, 9.17) is 4.55 Å². The van der Waals surface area contributed by atoms with E-state index in [0.717, 1.165) is 5.56 Å². The number of hydrogen-bond acceptors (Lipinski definition) is 4. The van der Waals surface area contributed by atoms with Crippen LogP contribution in [0.4, 0.5) is 0 Å². The minimum Gasteiger partial charge on any atom is -0.287 e. The normalized spacial score (nSPS) is 11.2. The van der Waals surface area contributed by atoms with Crippen LogP contribution in [0, 0.1) is 6.92 Å². The van der Waals surface area contributed by atoms with Gasteiger partial charge in [0.05, 0.1) is 5.75 Å². The molecule has 1 aromatic carbocycles. The summed E-state index contributed by atoms with van der Waals surface area (Å²) in [5, 5.41) is 0. The van der Waals surface area contributed by atoms with E-state index in [2.05, 4.69) is 10.9 Å². The summed E-state index contributed by atoms with van der Waals surface area (Å²) in [5.74, 6) is -0.620. The molecule has 0 aliphatic carbocycles. The molecule has 0 spiro atoms. The van der Waals surface area contributed by atoms with Crippen molar-refractivity contribution in [3.63, 3.8) is 0 Å². The number of carbonyl (C=O) groups excluding carboxylic acids is 1. The summed E-state index contributed by atoms with van der Waals surface area (Å²) >= 11 is 0. The molecule has 0 unspecified atom stereocenters. The molecule has 18 heavy (non-hydrogen) atoms. The van der Waals surface area contributed by atoms with Crippen molar-refractivity contribution in [3.8, 4) is 0 Å². The lowest BCUT2D eigenvalue weighted by molar-refractivity contribution is 0.0933. The SMILES string of the molecule is Cc1cccc(C(=O)NNCCCS(=O)(=O)O)c1. The Hall–Kier alpha value is -1.44. The molecule has 100 valence electrons. The molecule has 7 heteroatoms. The summed E-state index contributed by atoms with van der Waals surface area (Å²) in [6.45, 7) is 2.15. The smallest absolute Gasteiger partial charge is 0.265 e. The second kappa shape index (κ2) is 6.48. The zero-order chi connectivity index (χ0) is 13.6. The number of rotatable bonds is 6. The summed E-state index contributed by atoms with van der Waals surface area (Å²) in [5.41, 5.74) is 6.55. The van der Waals surface area contributed by atoms with E-state index in [1.54, 1.807) is 18.2 Å². The summed E-state index contributed by atoms with van der Waals surface area (Å²) < 4.78 is 29.3. The van der Waals surface area contributed by atoms with Gasteiger partial charge in [-0.15, -0.1) is 0 Å². The Morgan fingerprint density at radius 1 is 1.39 bits per heavy atom. The maximum absolute atomic E-state index is 11.6. The van der Waals surface area contributed by atoms with Crippen LogP contribution in [0.15, 0.2) is 24.3 Å².